The summed E-state index contributed by atoms with van der Waals surface area (Å²) in [6.45, 7) is 4.11. The van der Waals surface area contributed by atoms with Crippen molar-refractivity contribution in [1.82, 2.24) is 30.1 Å². The summed E-state index contributed by atoms with van der Waals surface area (Å²) in [5, 5.41) is 2.57. The number of nitrogens with zero attached hydrogens (tertiary/aromatic N) is 4. The Hall–Kier alpha value is -3.07. The normalized spacial score (nSPS) is 19.0. The van der Waals surface area contributed by atoms with Gasteiger partial charge in [0.05, 0.1) is 18.3 Å². The molecule has 4 heterocycles. The van der Waals surface area contributed by atoms with Crippen LogP contribution in [0.25, 0.3) is 0 Å². The van der Waals surface area contributed by atoms with Gasteiger partial charge in [-0.2, -0.15) is 0 Å². The maximum atomic E-state index is 12.8. The highest BCUT2D eigenvalue weighted by atomic mass is 16.2. The van der Waals surface area contributed by atoms with Crippen LogP contribution in [0.5, 0.6) is 0 Å². The van der Waals surface area contributed by atoms with Gasteiger partial charge < -0.3 is 15.2 Å². The quantitative estimate of drug-likeness (QED) is 0.738. The van der Waals surface area contributed by atoms with Crippen LogP contribution >= 0.6 is 0 Å². The predicted molar refractivity (Wildman–Crippen MR) is 114 cm³/mol. The summed E-state index contributed by atoms with van der Waals surface area (Å²) in [6.07, 6.45) is 6.82. The third kappa shape index (κ3) is 4.99. The maximum Gasteiger partial charge on any atom is 0.254 e. The van der Waals surface area contributed by atoms with Gasteiger partial charge in [-0.3, -0.25) is 24.3 Å². The maximum absolute atomic E-state index is 12.8. The highest BCUT2D eigenvalue weighted by Gasteiger charge is 2.31. The molecule has 2 aliphatic rings. The molecule has 0 aliphatic carbocycles. The van der Waals surface area contributed by atoms with E-state index in [9.17, 15) is 14.4 Å². The van der Waals surface area contributed by atoms with Gasteiger partial charge in [0.15, 0.2) is 0 Å². The van der Waals surface area contributed by atoms with Crippen molar-refractivity contribution in [2.75, 3.05) is 19.6 Å². The number of likely N-dealkylation sites (tertiary alicyclic amines) is 1. The molecule has 2 amide bonds. The number of piperidine rings is 1. The number of rotatable bonds is 5. The van der Waals surface area contributed by atoms with Gasteiger partial charge in [-0.25, -0.2) is 4.98 Å². The number of hydrogen-bond acceptors (Lipinski definition) is 6. The van der Waals surface area contributed by atoms with Crippen LogP contribution in [-0.4, -0.2) is 56.2 Å². The lowest BCUT2D eigenvalue weighted by atomic mass is 10.00. The fourth-order valence-corrected chi connectivity index (χ4v) is 4.37. The molecular formula is C22H28N6O3. The summed E-state index contributed by atoms with van der Waals surface area (Å²) in [5.74, 6) is 0.154. The largest absolute Gasteiger partial charge is 0.347 e. The summed E-state index contributed by atoms with van der Waals surface area (Å²) >= 11 is 0. The zero-order valence-electron chi connectivity index (χ0n) is 17.8. The van der Waals surface area contributed by atoms with Gasteiger partial charge in [-0.15, -0.1) is 0 Å². The van der Waals surface area contributed by atoms with Crippen LogP contribution < -0.4 is 10.9 Å². The Morgan fingerprint density at radius 1 is 1.23 bits per heavy atom. The van der Waals surface area contributed by atoms with E-state index in [1.54, 1.807) is 17.3 Å². The lowest BCUT2D eigenvalue weighted by Gasteiger charge is -2.36. The van der Waals surface area contributed by atoms with E-state index in [4.69, 9.17) is 4.98 Å². The topological polar surface area (TPSA) is 111 Å². The molecule has 0 spiro atoms. The smallest absolute Gasteiger partial charge is 0.254 e. The summed E-state index contributed by atoms with van der Waals surface area (Å²) < 4.78 is 0. The van der Waals surface area contributed by atoms with E-state index in [1.165, 1.54) is 12.5 Å². The molecule has 9 nitrogen and oxygen atoms in total. The molecule has 2 aliphatic heterocycles. The van der Waals surface area contributed by atoms with Gasteiger partial charge in [-0.1, -0.05) is 0 Å². The number of hydrogen-bond donors (Lipinski definition) is 2. The fraction of sp³-hybridized carbons (Fsp3) is 0.500. The SMILES string of the molecule is CC(=O)NCC(=O)N1CCCC[C@@H]1c1nc2c(c(=O)[nH]1)CCN(Cc1ccncc1)C2. The first kappa shape index (κ1) is 21.2. The van der Waals surface area contributed by atoms with E-state index < -0.39 is 0 Å². The number of pyridine rings is 1. The Kier molecular flexibility index (Phi) is 6.41. The van der Waals surface area contributed by atoms with Crippen LogP contribution in [0.3, 0.4) is 0 Å². The summed E-state index contributed by atoms with van der Waals surface area (Å²) in [7, 11) is 0. The van der Waals surface area contributed by atoms with Gasteiger partial charge in [-0.05, 0) is 43.4 Å². The zero-order chi connectivity index (χ0) is 21.8. The molecule has 164 valence electrons. The number of H-pyrrole nitrogens is 1. The Morgan fingerprint density at radius 3 is 2.81 bits per heavy atom. The van der Waals surface area contributed by atoms with Gasteiger partial charge >= 0.3 is 0 Å². The van der Waals surface area contributed by atoms with Crippen LogP contribution in [-0.2, 0) is 29.1 Å². The van der Waals surface area contributed by atoms with Crippen molar-refractivity contribution in [2.24, 2.45) is 0 Å². The molecule has 0 saturated carbocycles. The van der Waals surface area contributed by atoms with Crippen LogP contribution in [0, 0.1) is 0 Å². The highest BCUT2D eigenvalue weighted by molar-refractivity contribution is 5.84. The van der Waals surface area contributed by atoms with E-state index in [2.05, 4.69) is 20.2 Å². The minimum absolute atomic E-state index is 0.0410. The third-order valence-electron chi connectivity index (χ3n) is 5.95. The number of fused-ring (bicyclic) bond motifs is 1. The van der Waals surface area contributed by atoms with Gasteiger partial charge in [0.1, 0.15) is 5.82 Å². The van der Waals surface area contributed by atoms with Gasteiger partial charge in [0.25, 0.3) is 5.56 Å². The Balaban J connectivity index is 1.54. The number of aromatic nitrogens is 3. The van der Waals surface area contributed by atoms with E-state index in [-0.39, 0.29) is 30.0 Å². The lowest BCUT2D eigenvalue weighted by molar-refractivity contribution is -0.136. The molecule has 2 aromatic rings. The molecule has 0 radical (unpaired) electrons. The minimum Gasteiger partial charge on any atom is -0.347 e. The monoisotopic (exact) mass is 424 g/mol. The Morgan fingerprint density at radius 2 is 2.03 bits per heavy atom. The van der Waals surface area contributed by atoms with Crippen molar-refractivity contribution < 1.29 is 9.59 Å². The van der Waals surface area contributed by atoms with Crippen molar-refractivity contribution in [1.29, 1.82) is 0 Å². The molecule has 0 bridgehead atoms. The van der Waals surface area contributed by atoms with E-state index >= 15 is 0 Å². The van der Waals surface area contributed by atoms with Crippen LogP contribution in [0.1, 0.15) is 54.9 Å². The lowest BCUT2D eigenvalue weighted by Crippen LogP contribution is -2.45. The van der Waals surface area contributed by atoms with Gasteiger partial charge in [0, 0.05) is 51.1 Å². The van der Waals surface area contributed by atoms with Crippen LogP contribution in [0.15, 0.2) is 29.3 Å². The summed E-state index contributed by atoms with van der Waals surface area (Å²) in [4.78, 5) is 52.5. The summed E-state index contributed by atoms with van der Waals surface area (Å²) in [5.41, 5.74) is 2.59. The average molecular weight is 425 g/mol. The van der Waals surface area contributed by atoms with Gasteiger partial charge in [0.2, 0.25) is 11.8 Å². The zero-order valence-corrected chi connectivity index (χ0v) is 17.8. The van der Waals surface area contributed by atoms with E-state index in [0.29, 0.717) is 25.3 Å². The molecule has 31 heavy (non-hydrogen) atoms. The van der Waals surface area contributed by atoms with Crippen molar-refractivity contribution in [3.8, 4) is 0 Å². The molecule has 2 aromatic heterocycles. The molecule has 0 unspecified atom stereocenters. The van der Waals surface area contributed by atoms with Crippen LogP contribution in [0.2, 0.25) is 0 Å². The van der Waals surface area contributed by atoms with Crippen molar-refractivity contribution in [2.45, 2.75) is 51.7 Å². The van der Waals surface area contributed by atoms with Crippen molar-refractivity contribution >= 4 is 11.8 Å². The molecule has 1 fully saturated rings. The second kappa shape index (κ2) is 9.38. The first-order valence-electron chi connectivity index (χ1n) is 10.8. The molecule has 2 N–H and O–H groups in total. The number of nitrogens with one attached hydrogen (secondary N) is 2. The Bertz CT molecular complexity index is 1010. The second-order valence-electron chi connectivity index (χ2n) is 8.20. The predicted octanol–water partition coefficient (Wildman–Crippen LogP) is 0.913. The molecule has 1 saturated heterocycles. The number of carbonyl (C=O) groups excluding carboxylic acids is 2. The first-order valence-corrected chi connectivity index (χ1v) is 10.8. The van der Waals surface area contributed by atoms with E-state index in [1.807, 2.05) is 12.1 Å². The van der Waals surface area contributed by atoms with Crippen molar-refractivity contribution in [3.63, 3.8) is 0 Å². The molecule has 0 aromatic carbocycles. The second-order valence-corrected chi connectivity index (χ2v) is 8.20. The number of carbonyl (C=O) groups is 2. The van der Waals surface area contributed by atoms with E-state index in [0.717, 1.165) is 43.6 Å². The first-order chi connectivity index (χ1) is 15.0. The number of amides is 2. The minimum atomic E-state index is -0.274. The third-order valence-corrected chi connectivity index (χ3v) is 5.95. The molecule has 4 rings (SSSR count). The highest BCUT2D eigenvalue weighted by Crippen LogP contribution is 2.29. The fourth-order valence-electron chi connectivity index (χ4n) is 4.37. The average Bonchev–Trinajstić information content (AvgIpc) is 2.78. The van der Waals surface area contributed by atoms with Crippen molar-refractivity contribution in [3.05, 3.63) is 57.5 Å². The van der Waals surface area contributed by atoms with Crippen LogP contribution in [0.4, 0.5) is 0 Å². The molecule has 9 heteroatoms. The number of aromatic amines is 1. The standard InChI is InChI=1S/C22H28N6O3/c1-15(29)24-12-20(30)28-10-3-2-4-19(28)21-25-18-14-27(11-7-17(18)22(31)26-21)13-16-5-8-23-9-6-16/h5-6,8-9,19H,2-4,7,10-14H2,1H3,(H,24,29)(H,25,26,31)/t19-/m1/s1. The summed E-state index contributed by atoms with van der Waals surface area (Å²) in [6, 6.07) is 3.71. The molecule has 1 atom stereocenters. The Labute approximate surface area is 180 Å². The molecular weight excluding hydrogens is 396 g/mol.